The highest BCUT2D eigenvalue weighted by Gasteiger charge is 2.16. The summed E-state index contributed by atoms with van der Waals surface area (Å²) in [5.74, 6) is -0.810. The molecule has 1 aliphatic heterocycles. The first-order valence-electron chi connectivity index (χ1n) is 5.69. The van der Waals surface area contributed by atoms with E-state index in [9.17, 15) is 9.18 Å². The minimum Gasteiger partial charge on any atom is -0.398 e. The molecule has 1 saturated heterocycles. The van der Waals surface area contributed by atoms with Crippen molar-refractivity contribution in [1.29, 1.82) is 0 Å². The number of carbonyl (C=O) groups is 1. The van der Waals surface area contributed by atoms with E-state index in [0.717, 1.165) is 6.07 Å². The van der Waals surface area contributed by atoms with Gasteiger partial charge in [0.05, 0.1) is 31.5 Å². The van der Waals surface area contributed by atoms with Crippen molar-refractivity contribution in [3.63, 3.8) is 0 Å². The van der Waals surface area contributed by atoms with E-state index in [2.05, 4.69) is 5.32 Å². The van der Waals surface area contributed by atoms with E-state index >= 15 is 0 Å². The lowest BCUT2D eigenvalue weighted by Gasteiger charge is -2.23. The fourth-order valence-electron chi connectivity index (χ4n) is 1.70. The second-order valence-electron chi connectivity index (χ2n) is 4.01. The normalized spacial score (nSPS) is 19.5. The van der Waals surface area contributed by atoms with Crippen LogP contribution >= 0.6 is 0 Å². The van der Waals surface area contributed by atoms with Gasteiger partial charge in [0.15, 0.2) is 0 Å². The number of nitrogen functional groups attached to an aromatic ring is 1. The van der Waals surface area contributed by atoms with Crippen molar-refractivity contribution >= 4 is 11.6 Å². The van der Waals surface area contributed by atoms with Crippen molar-refractivity contribution in [1.82, 2.24) is 5.32 Å². The largest absolute Gasteiger partial charge is 0.398 e. The average molecular weight is 254 g/mol. The Morgan fingerprint density at radius 2 is 2.33 bits per heavy atom. The van der Waals surface area contributed by atoms with Crippen LogP contribution < -0.4 is 11.1 Å². The van der Waals surface area contributed by atoms with Crippen LogP contribution in [0.2, 0.25) is 0 Å². The molecular formula is C12H15FN2O3. The van der Waals surface area contributed by atoms with Crippen LogP contribution in [0.3, 0.4) is 0 Å². The van der Waals surface area contributed by atoms with Gasteiger partial charge < -0.3 is 20.5 Å². The van der Waals surface area contributed by atoms with Crippen LogP contribution in [0.1, 0.15) is 10.4 Å². The molecule has 1 atom stereocenters. The lowest BCUT2D eigenvalue weighted by molar-refractivity contribution is -0.0855. The van der Waals surface area contributed by atoms with Gasteiger partial charge in [0, 0.05) is 12.2 Å². The number of rotatable bonds is 3. The zero-order chi connectivity index (χ0) is 13.0. The van der Waals surface area contributed by atoms with Gasteiger partial charge in [0.1, 0.15) is 5.82 Å². The first-order valence-corrected chi connectivity index (χ1v) is 5.69. The molecule has 3 N–H and O–H groups in total. The molecule has 1 amide bonds. The molecule has 18 heavy (non-hydrogen) atoms. The standard InChI is InChI=1S/C12H15FN2O3/c13-8-1-2-10(11(14)5-8)12(16)15-6-9-7-17-3-4-18-9/h1-2,5,9H,3-4,6-7,14H2,(H,15,16). The fraction of sp³-hybridized carbons (Fsp3) is 0.417. The van der Waals surface area contributed by atoms with Crippen LogP contribution in [0.25, 0.3) is 0 Å². The van der Waals surface area contributed by atoms with Gasteiger partial charge in [0.25, 0.3) is 5.91 Å². The summed E-state index contributed by atoms with van der Waals surface area (Å²) in [6, 6.07) is 3.68. The van der Waals surface area contributed by atoms with Gasteiger partial charge in [-0.2, -0.15) is 0 Å². The van der Waals surface area contributed by atoms with Crippen molar-refractivity contribution < 1.29 is 18.7 Å². The van der Waals surface area contributed by atoms with Crippen LogP contribution in [0, 0.1) is 5.82 Å². The van der Waals surface area contributed by atoms with E-state index in [1.165, 1.54) is 12.1 Å². The monoisotopic (exact) mass is 254 g/mol. The molecule has 1 aliphatic rings. The Kier molecular flexibility index (Phi) is 4.11. The third-order valence-corrected chi connectivity index (χ3v) is 2.63. The van der Waals surface area contributed by atoms with E-state index in [1.807, 2.05) is 0 Å². The highest BCUT2D eigenvalue weighted by atomic mass is 19.1. The zero-order valence-corrected chi connectivity index (χ0v) is 9.82. The molecule has 0 aliphatic carbocycles. The van der Waals surface area contributed by atoms with Crippen molar-refractivity contribution in [2.24, 2.45) is 0 Å². The number of ether oxygens (including phenoxy) is 2. The van der Waals surface area contributed by atoms with Gasteiger partial charge >= 0.3 is 0 Å². The Bertz CT molecular complexity index is 433. The predicted octanol–water partition coefficient (Wildman–Crippen LogP) is 0.553. The predicted molar refractivity (Wildman–Crippen MR) is 63.7 cm³/mol. The van der Waals surface area contributed by atoms with Crippen LogP contribution in [-0.2, 0) is 9.47 Å². The number of benzene rings is 1. The van der Waals surface area contributed by atoms with Gasteiger partial charge in [-0.25, -0.2) is 4.39 Å². The number of hydrogen-bond acceptors (Lipinski definition) is 4. The maximum Gasteiger partial charge on any atom is 0.253 e. The molecule has 1 aromatic carbocycles. The number of amides is 1. The number of halogens is 1. The minimum atomic E-state index is -0.465. The second-order valence-corrected chi connectivity index (χ2v) is 4.01. The van der Waals surface area contributed by atoms with Gasteiger partial charge in [0.2, 0.25) is 0 Å². The molecule has 1 heterocycles. The molecule has 0 saturated carbocycles. The van der Waals surface area contributed by atoms with Gasteiger partial charge in [-0.05, 0) is 18.2 Å². The molecule has 0 aromatic heterocycles. The molecule has 0 bridgehead atoms. The summed E-state index contributed by atoms with van der Waals surface area (Å²) in [6.07, 6.45) is -0.149. The third-order valence-electron chi connectivity index (χ3n) is 2.63. The number of anilines is 1. The van der Waals surface area contributed by atoms with Crippen molar-refractivity contribution in [2.75, 3.05) is 32.1 Å². The number of hydrogen-bond donors (Lipinski definition) is 2. The Labute approximate surface area is 104 Å². The summed E-state index contributed by atoms with van der Waals surface area (Å²) in [4.78, 5) is 11.8. The van der Waals surface area contributed by atoms with Gasteiger partial charge in [-0.3, -0.25) is 4.79 Å². The molecule has 5 nitrogen and oxygen atoms in total. The zero-order valence-electron chi connectivity index (χ0n) is 9.82. The first kappa shape index (κ1) is 12.8. The molecule has 1 unspecified atom stereocenters. The fourth-order valence-corrected chi connectivity index (χ4v) is 1.70. The summed E-state index contributed by atoms with van der Waals surface area (Å²) in [6.45, 7) is 1.91. The van der Waals surface area contributed by atoms with Crippen LogP contribution in [0.5, 0.6) is 0 Å². The summed E-state index contributed by atoms with van der Waals surface area (Å²) >= 11 is 0. The van der Waals surface area contributed by atoms with Gasteiger partial charge in [-0.15, -0.1) is 0 Å². The highest BCUT2D eigenvalue weighted by molar-refractivity contribution is 5.99. The first-order chi connectivity index (χ1) is 8.66. The number of carbonyl (C=O) groups excluding carboxylic acids is 1. The molecular weight excluding hydrogens is 239 g/mol. The quantitative estimate of drug-likeness (QED) is 0.773. The molecule has 0 spiro atoms. The summed E-state index contributed by atoms with van der Waals surface area (Å²) in [7, 11) is 0. The van der Waals surface area contributed by atoms with E-state index in [1.54, 1.807) is 0 Å². The van der Waals surface area contributed by atoms with E-state index in [-0.39, 0.29) is 23.3 Å². The Morgan fingerprint density at radius 3 is 3.00 bits per heavy atom. The maximum atomic E-state index is 12.8. The number of nitrogens with two attached hydrogens (primary N) is 1. The molecule has 1 aromatic rings. The molecule has 6 heteroatoms. The summed E-state index contributed by atoms with van der Waals surface area (Å²) < 4.78 is 23.4. The molecule has 0 radical (unpaired) electrons. The summed E-state index contributed by atoms with van der Waals surface area (Å²) in [5.41, 5.74) is 5.95. The smallest absolute Gasteiger partial charge is 0.253 e. The Morgan fingerprint density at radius 1 is 1.50 bits per heavy atom. The van der Waals surface area contributed by atoms with Gasteiger partial charge in [-0.1, -0.05) is 0 Å². The molecule has 1 fully saturated rings. The molecule has 2 rings (SSSR count). The van der Waals surface area contributed by atoms with Crippen LogP contribution in [0.4, 0.5) is 10.1 Å². The van der Waals surface area contributed by atoms with E-state index in [4.69, 9.17) is 15.2 Å². The Hall–Kier alpha value is -1.66. The lowest BCUT2D eigenvalue weighted by atomic mass is 10.1. The minimum absolute atomic E-state index is 0.119. The molecule has 98 valence electrons. The summed E-state index contributed by atoms with van der Waals surface area (Å²) in [5, 5.41) is 2.68. The SMILES string of the molecule is Nc1cc(F)ccc1C(=O)NCC1COCCO1. The van der Waals surface area contributed by atoms with Crippen molar-refractivity contribution in [3.05, 3.63) is 29.6 Å². The Balaban J connectivity index is 1.90. The van der Waals surface area contributed by atoms with Crippen LogP contribution in [-0.4, -0.2) is 38.4 Å². The highest BCUT2D eigenvalue weighted by Crippen LogP contribution is 2.13. The third kappa shape index (κ3) is 3.18. The lowest BCUT2D eigenvalue weighted by Crippen LogP contribution is -2.39. The topological polar surface area (TPSA) is 73.6 Å². The van der Waals surface area contributed by atoms with Crippen molar-refractivity contribution in [3.8, 4) is 0 Å². The van der Waals surface area contributed by atoms with E-state index in [0.29, 0.717) is 26.4 Å². The maximum absolute atomic E-state index is 12.8. The van der Waals surface area contributed by atoms with E-state index < -0.39 is 5.82 Å². The second kappa shape index (κ2) is 5.79. The number of nitrogens with one attached hydrogen (secondary N) is 1. The average Bonchev–Trinajstić information content (AvgIpc) is 2.37. The van der Waals surface area contributed by atoms with Crippen LogP contribution in [0.15, 0.2) is 18.2 Å². The van der Waals surface area contributed by atoms with Crippen molar-refractivity contribution in [2.45, 2.75) is 6.10 Å².